The number of anilines is 2. The molecule has 0 bridgehead atoms. The molecule has 0 aliphatic carbocycles. The van der Waals surface area contributed by atoms with Crippen molar-refractivity contribution in [2.75, 3.05) is 23.3 Å². The van der Waals surface area contributed by atoms with Gasteiger partial charge in [0.25, 0.3) is 0 Å². The Morgan fingerprint density at radius 2 is 1.92 bits per heavy atom. The van der Waals surface area contributed by atoms with E-state index in [0.29, 0.717) is 13.1 Å². The van der Waals surface area contributed by atoms with Crippen LogP contribution in [0.25, 0.3) is 0 Å². The zero-order valence-electron chi connectivity index (χ0n) is 13.1. The molecule has 1 saturated heterocycles. The van der Waals surface area contributed by atoms with Crippen molar-refractivity contribution in [3.8, 4) is 0 Å². The Balaban J connectivity index is 1.63. The van der Waals surface area contributed by atoms with Gasteiger partial charge in [-0.1, -0.05) is 6.07 Å². The molecule has 1 aromatic carbocycles. The number of amides is 2. The maximum Gasteiger partial charge on any atom is 0.319 e. The summed E-state index contributed by atoms with van der Waals surface area (Å²) in [4.78, 5) is 17.5. The summed E-state index contributed by atoms with van der Waals surface area (Å²) in [5.41, 5.74) is 0.889. The molecule has 126 valence electrons. The van der Waals surface area contributed by atoms with Crippen LogP contribution in [0.5, 0.6) is 0 Å². The summed E-state index contributed by atoms with van der Waals surface area (Å²) in [6.07, 6.45) is 5.12. The third-order valence-electron chi connectivity index (χ3n) is 3.87. The van der Waals surface area contributed by atoms with Crippen molar-refractivity contribution < 1.29 is 13.6 Å². The highest BCUT2D eigenvalue weighted by molar-refractivity contribution is 5.89. The summed E-state index contributed by atoms with van der Waals surface area (Å²) in [6, 6.07) is 5.32. The van der Waals surface area contributed by atoms with E-state index < -0.39 is 17.7 Å². The quantitative estimate of drug-likeness (QED) is 0.903. The minimum atomic E-state index is -0.667. The molecule has 0 radical (unpaired) electrons. The standard InChI is InChI=1S/C17H18F2N4O/c18-14-8-13(9-15(19)16(14)23-6-1-2-7-23)22-17(24)21-11-12-4-3-5-20-10-12/h3-5,8-10H,1-2,6-7,11H2,(H2,21,22,24). The van der Waals surface area contributed by atoms with Gasteiger partial charge in [0, 0.05) is 37.7 Å². The van der Waals surface area contributed by atoms with Gasteiger partial charge in [0.05, 0.1) is 0 Å². The second-order valence-electron chi connectivity index (χ2n) is 5.65. The van der Waals surface area contributed by atoms with E-state index in [2.05, 4.69) is 15.6 Å². The highest BCUT2D eigenvalue weighted by atomic mass is 19.1. The second-order valence-corrected chi connectivity index (χ2v) is 5.65. The maximum absolute atomic E-state index is 14.2. The van der Waals surface area contributed by atoms with Gasteiger partial charge in [-0.15, -0.1) is 0 Å². The fourth-order valence-electron chi connectivity index (χ4n) is 2.74. The normalized spacial score (nSPS) is 13.8. The molecule has 3 rings (SSSR count). The molecule has 0 unspecified atom stereocenters. The summed E-state index contributed by atoms with van der Waals surface area (Å²) >= 11 is 0. The van der Waals surface area contributed by atoms with Crippen molar-refractivity contribution in [2.45, 2.75) is 19.4 Å². The Morgan fingerprint density at radius 3 is 2.54 bits per heavy atom. The van der Waals surface area contributed by atoms with E-state index in [1.165, 1.54) is 0 Å². The van der Waals surface area contributed by atoms with E-state index in [1.54, 1.807) is 23.4 Å². The zero-order valence-corrected chi connectivity index (χ0v) is 13.1. The minimum Gasteiger partial charge on any atom is -0.367 e. The molecular formula is C17H18F2N4O. The molecule has 1 aliphatic rings. The number of hydrogen-bond donors (Lipinski definition) is 2. The number of aromatic nitrogens is 1. The lowest BCUT2D eigenvalue weighted by Gasteiger charge is -2.20. The first-order valence-electron chi connectivity index (χ1n) is 7.81. The topological polar surface area (TPSA) is 57.3 Å². The van der Waals surface area contributed by atoms with Gasteiger partial charge in [-0.05, 0) is 36.6 Å². The van der Waals surface area contributed by atoms with E-state index in [1.807, 2.05) is 6.07 Å². The van der Waals surface area contributed by atoms with Crippen LogP contribution >= 0.6 is 0 Å². The van der Waals surface area contributed by atoms with Crippen molar-refractivity contribution >= 4 is 17.4 Å². The number of pyridine rings is 1. The first-order valence-corrected chi connectivity index (χ1v) is 7.81. The van der Waals surface area contributed by atoms with Gasteiger partial charge >= 0.3 is 6.03 Å². The van der Waals surface area contributed by atoms with Crippen LogP contribution in [0.2, 0.25) is 0 Å². The Kier molecular flexibility index (Phi) is 4.88. The number of carbonyl (C=O) groups is 1. The predicted octanol–water partition coefficient (Wildman–Crippen LogP) is 3.28. The summed E-state index contributed by atoms with van der Waals surface area (Å²) < 4.78 is 28.4. The van der Waals surface area contributed by atoms with Gasteiger partial charge in [-0.25, -0.2) is 13.6 Å². The van der Waals surface area contributed by atoms with Crippen LogP contribution in [0, 0.1) is 11.6 Å². The Bertz CT molecular complexity index is 695. The highest BCUT2D eigenvalue weighted by Gasteiger charge is 2.21. The van der Waals surface area contributed by atoms with Crippen molar-refractivity contribution in [3.63, 3.8) is 0 Å². The van der Waals surface area contributed by atoms with Gasteiger partial charge in [0.15, 0.2) is 11.6 Å². The first-order chi connectivity index (χ1) is 11.6. The number of nitrogens with zero attached hydrogens (tertiary/aromatic N) is 2. The van der Waals surface area contributed by atoms with Gasteiger partial charge in [-0.3, -0.25) is 4.98 Å². The molecule has 24 heavy (non-hydrogen) atoms. The summed E-state index contributed by atoms with van der Waals surface area (Å²) in [7, 11) is 0. The molecule has 1 aliphatic heterocycles. The first kappa shape index (κ1) is 16.2. The van der Waals surface area contributed by atoms with E-state index >= 15 is 0 Å². The predicted molar refractivity (Wildman–Crippen MR) is 87.9 cm³/mol. The Labute approximate surface area is 138 Å². The zero-order chi connectivity index (χ0) is 16.9. The lowest BCUT2D eigenvalue weighted by Crippen LogP contribution is -2.28. The maximum atomic E-state index is 14.2. The molecule has 2 aromatic rings. The summed E-state index contributed by atoms with van der Waals surface area (Å²) in [6.45, 7) is 1.56. The van der Waals surface area contributed by atoms with Crippen LogP contribution in [-0.2, 0) is 6.54 Å². The van der Waals surface area contributed by atoms with Gasteiger partial charge in [0.2, 0.25) is 0 Å². The molecular weight excluding hydrogens is 314 g/mol. The second kappa shape index (κ2) is 7.25. The number of benzene rings is 1. The number of urea groups is 1. The smallest absolute Gasteiger partial charge is 0.319 e. The molecule has 0 spiro atoms. The van der Waals surface area contributed by atoms with Crippen LogP contribution in [0.4, 0.5) is 25.0 Å². The number of carbonyl (C=O) groups excluding carboxylic acids is 1. The van der Waals surface area contributed by atoms with Gasteiger partial charge in [0.1, 0.15) is 5.69 Å². The molecule has 2 N–H and O–H groups in total. The average Bonchev–Trinajstić information content (AvgIpc) is 3.07. The van der Waals surface area contributed by atoms with Crippen LogP contribution in [0.1, 0.15) is 18.4 Å². The Hall–Kier alpha value is -2.70. The van der Waals surface area contributed by atoms with Crippen molar-refractivity contribution in [1.82, 2.24) is 10.3 Å². The van der Waals surface area contributed by atoms with Gasteiger partial charge in [-0.2, -0.15) is 0 Å². The molecule has 0 saturated carbocycles. The number of halogens is 2. The molecule has 1 aromatic heterocycles. The highest BCUT2D eigenvalue weighted by Crippen LogP contribution is 2.29. The third-order valence-corrected chi connectivity index (χ3v) is 3.87. The molecule has 5 nitrogen and oxygen atoms in total. The van der Waals surface area contributed by atoms with Crippen molar-refractivity contribution in [3.05, 3.63) is 53.9 Å². The van der Waals surface area contributed by atoms with E-state index in [-0.39, 0.29) is 17.9 Å². The van der Waals surface area contributed by atoms with E-state index in [0.717, 1.165) is 30.5 Å². The minimum absolute atomic E-state index is 0.0196. The molecule has 1 fully saturated rings. The SMILES string of the molecule is O=C(NCc1cccnc1)Nc1cc(F)c(N2CCCC2)c(F)c1. The molecule has 7 heteroatoms. The van der Waals surface area contributed by atoms with Crippen molar-refractivity contribution in [1.29, 1.82) is 0 Å². The molecule has 2 amide bonds. The van der Waals surface area contributed by atoms with E-state index in [9.17, 15) is 13.6 Å². The van der Waals surface area contributed by atoms with Crippen LogP contribution in [0.3, 0.4) is 0 Å². The van der Waals surface area contributed by atoms with E-state index in [4.69, 9.17) is 0 Å². The molecule has 2 heterocycles. The van der Waals surface area contributed by atoms with Crippen LogP contribution < -0.4 is 15.5 Å². The number of nitrogens with one attached hydrogen (secondary N) is 2. The van der Waals surface area contributed by atoms with Crippen LogP contribution in [-0.4, -0.2) is 24.1 Å². The molecule has 0 atom stereocenters. The summed E-state index contributed by atoms with van der Waals surface area (Å²) in [5.74, 6) is -1.33. The number of hydrogen-bond acceptors (Lipinski definition) is 3. The number of rotatable bonds is 4. The third kappa shape index (κ3) is 3.79. The average molecular weight is 332 g/mol. The van der Waals surface area contributed by atoms with Gasteiger partial charge < -0.3 is 15.5 Å². The Morgan fingerprint density at radius 1 is 1.21 bits per heavy atom. The van der Waals surface area contributed by atoms with Crippen LogP contribution in [0.15, 0.2) is 36.7 Å². The van der Waals surface area contributed by atoms with Crippen molar-refractivity contribution in [2.24, 2.45) is 0 Å². The summed E-state index contributed by atoms with van der Waals surface area (Å²) in [5, 5.41) is 5.05. The fraction of sp³-hybridized carbons (Fsp3) is 0.294. The lowest BCUT2D eigenvalue weighted by atomic mass is 10.2. The monoisotopic (exact) mass is 332 g/mol. The largest absolute Gasteiger partial charge is 0.367 e. The lowest BCUT2D eigenvalue weighted by molar-refractivity contribution is 0.251. The fourth-order valence-corrected chi connectivity index (χ4v) is 2.74.